The third-order valence-electron chi connectivity index (χ3n) is 2.27. The van der Waals surface area contributed by atoms with Crippen LogP contribution in [0.25, 0.3) is 0 Å². The monoisotopic (exact) mass is 130 g/mol. The molecule has 0 heterocycles. The molecule has 0 aromatic heterocycles. The van der Waals surface area contributed by atoms with Crippen LogP contribution in [0.3, 0.4) is 0 Å². The van der Waals surface area contributed by atoms with E-state index in [1.165, 1.54) is 11.1 Å². The van der Waals surface area contributed by atoms with E-state index in [-0.39, 0.29) is 0 Å². The van der Waals surface area contributed by atoms with Crippen molar-refractivity contribution in [1.82, 2.24) is 0 Å². The maximum Gasteiger partial charge on any atom is 0.0196 e. The predicted octanol–water partition coefficient (Wildman–Crippen LogP) is 2.47. The van der Waals surface area contributed by atoms with E-state index < -0.39 is 0 Å². The fourth-order valence-corrected chi connectivity index (χ4v) is 1.50. The molecule has 0 spiro atoms. The highest BCUT2D eigenvalue weighted by molar-refractivity contribution is 5.47. The van der Waals surface area contributed by atoms with Gasteiger partial charge in [-0.05, 0) is 11.1 Å². The van der Waals surface area contributed by atoms with Crippen LogP contribution in [0.5, 0.6) is 0 Å². The molecular weight excluding hydrogens is 120 g/mol. The van der Waals surface area contributed by atoms with Gasteiger partial charge >= 0.3 is 0 Å². The summed E-state index contributed by atoms with van der Waals surface area (Å²) in [7, 11) is 0. The van der Waals surface area contributed by atoms with Crippen molar-refractivity contribution in [3.8, 4) is 0 Å². The number of rotatable bonds is 0. The lowest BCUT2D eigenvalue weighted by atomic mass is 9.76. The summed E-state index contributed by atoms with van der Waals surface area (Å²) in [6.45, 7) is 7.95. The lowest BCUT2D eigenvalue weighted by Crippen LogP contribution is -2.16. The molecule has 0 aliphatic heterocycles. The van der Waals surface area contributed by atoms with Crippen molar-refractivity contribution in [2.45, 2.75) is 0 Å². The first kappa shape index (κ1) is 5.72. The second kappa shape index (κ2) is 1.72. The van der Waals surface area contributed by atoms with Crippen LogP contribution < -0.4 is 0 Å². The highest BCUT2D eigenvalue weighted by atomic mass is 14.3. The normalized spacial score (nSPS) is 35.6. The Labute approximate surface area is 61.3 Å². The molecule has 0 nitrogen and oxygen atoms in total. The Morgan fingerprint density at radius 1 is 0.800 bits per heavy atom. The SMILES string of the molecule is C=C1C(=C)C2C=CC1C=C2. The molecule has 2 bridgehead atoms. The zero-order valence-corrected chi connectivity index (χ0v) is 5.88. The van der Waals surface area contributed by atoms with E-state index in [1.807, 2.05) is 0 Å². The van der Waals surface area contributed by atoms with Crippen molar-refractivity contribution in [3.63, 3.8) is 0 Å². The van der Waals surface area contributed by atoms with Gasteiger partial charge in [0.1, 0.15) is 0 Å². The number of hydrogen-bond donors (Lipinski definition) is 0. The van der Waals surface area contributed by atoms with Gasteiger partial charge in [0.25, 0.3) is 0 Å². The third kappa shape index (κ3) is 0.563. The zero-order chi connectivity index (χ0) is 7.14. The Morgan fingerprint density at radius 2 is 1.10 bits per heavy atom. The average Bonchev–Trinajstić information content (AvgIpc) is 2.00. The van der Waals surface area contributed by atoms with E-state index in [4.69, 9.17) is 0 Å². The van der Waals surface area contributed by atoms with Gasteiger partial charge in [-0.2, -0.15) is 0 Å². The zero-order valence-electron chi connectivity index (χ0n) is 5.88. The Bertz CT molecular complexity index is 213. The van der Waals surface area contributed by atoms with E-state index in [9.17, 15) is 0 Å². The minimum Gasteiger partial charge on any atom is -0.0946 e. The molecule has 0 aromatic carbocycles. The van der Waals surface area contributed by atoms with E-state index in [0.717, 1.165) is 0 Å². The summed E-state index contributed by atoms with van der Waals surface area (Å²) in [6.07, 6.45) is 8.78. The highest BCUT2D eigenvalue weighted by Crippen LogP contribution is 2.36. The molecule has 3 aliphatic rings. The van der Waals surface area contributed by atoms with Crippen LogP contribution in [0, 0.1) is 11.8 Å². The van der Waals surface area contributed by atoms with Gasteiger partial charge in [-0.1, -0.05) is 37.5 Å². The fourth-order valence-electron chi connectivity index (χ4n) is 1.50. The molecule has 0 saturated carbocycles. The molecule has 0 saturated heterocycles. The van der Waals surface area contributed by atoms with Crippen molar-refractivity contribution in [3.05, 3.63) is 48.6 Å². The molecule has 50 valence electrons. The second-order valence-electron chi connectivity index (χ2n) is 2.87. The Balaban J connectivity index is 2.52. The van der Waals surface area contributed by atoms with Crippen LogP contribution in [0.15, 0.2) is 48.6 Å². The molecule has 3 aliphatic carbocycles. The number of fused-ring (bicyclic) bond motifs is 1. The van der Waals surface area contributed by atoms with Gasteiger partial charge < -0.3 is 0 Å². The molecule has 0 unspecified atom stereocenters. The molecule has 0 heteroatoms. The Hall–Kier alpha value is -1.04. The first-order valence-electron chi connectivity index (χ1n) is 3.53. The van der Waals surface area contributed by atoms with Crippen molar-refractivity contribution >= 4 is 0 Å². The molecule has 0 atom stereocenters. The van der Waals surface area contributed by atoms with Crippen LogP contribution in [0.1, 0.15) is 0 Å². The summed E-state index contributed by atoms with van der Waals surface area (Å²) in [5.74, 6) is 0.884. The predicted molar refractivity (Wildman–Crippen MR) is 43.5 cm³/mol. The second-order valence-corrected chi connectivity index (χ2v) is 2.87. The van der Waals surface area contributed by atoms with Crippen LogP contribution in [0.2, 0.25) is 0 Å². The Morgan fingerprint density at radius 3 is 1.30 bits per heavy atom. The molecule has 0 amide bonds. The molecule has 0 N–H and O–H groups in total. The largest absolute Gasteiger partial charge is 0.0946 e. The lowest BCUT2D eigenvalue weighted by molar-refractivity contribution is 0.792. The van der Waals surface area contributed by atoms with Crippen molar-refractivity contribution in [2.24, 2.45) is 11.8 Å². The molecular formula is C10H10. The van der Waals surface area contributed by atoms with Gasteiger partial charge in [0.2, 0.25) is 0 Å². The van der Waals surface area contributed by atoms with Crippen LogP contribution in [-0.4, -0.2) is 0 Å². The summed E-state index contributed by atoms with van der Waals surface area (Å²) in [6, 6.07) is 0. The third-order valence-corrected chi connectivity index (χ3v) is 2.27. The van der Waals surface area contributed by atoms with Gasteiger partial charge in [0, 0.05) is 11.8 Å². The van der Waals surface area contributed by atoms with Gasteiger partial charge in [-0.3, -0.25) is 0 Å². The van der Waals surface area contributed by atoms with Gasteiger partial charge in [0.15, 0.2) is 0 Å². The quantitative estimate of drug-likeness (QED) is 0.442. The van der Waals surface area contributed by atoms with E-state index in [0.29, 0.717) is 11.8 Å². The van der Waals surface area contributed by atoms with Crippen LogP contribution in [0.4, 0.5) is 0 Å². The van der Waals surface area contributed by atoms with E-state index in [2.05, 4.69) is 37.5 Å². The number of hydrogen-bond acceptors (Lipinski definition) is 0. The summed E-state index contributed by atoms with van der Waals surface area (Å²) >= 11 is 0. The summed E-state index contributed by atoms with van der Waals surface area (Å²) in [4.78, 5) is 0. The molecule has 3 rings (SSSR count). The van der Waals surface area contributed by atoms with Crippen LogP contribution in [-0.2, 0) is 0 Å². The van der Waals surface area contributed by atoms with Gasteiger partial charge in [-0.25, -0.2) is 0 Å². The van der Waals surface area contributed by atoms with Crippen molar-refractivity contribution in [1.29, 1.82) is 0 Å². The highest BCUT2D eigenvalue weighted by Gasteiger charge is 2.23. The first-order valence-corrected chi connectivity index (χ1v) is 3.53. The van der Waals surface area contributed by atoms with Crippen molar-refractivity contribution in [2.75, 3.05) is 0 Å². The lowest BCUT2D eigenvalue weighted by Gasteiger charge is -2.29. The van der Waals surface area contributed by atoms with Gasteiger partial charge in [0.05, 0.1) is 0 Å². The minimum absolute atomic E-state index is 0.442. The fraction of sp³-hybridized carbons (Fsp3) is 0.200. The molecule has 0 radical (unpaired) electrons. The Kier molecular flexibility index (Phi) is 0.986. The van der Waals surface area contributed by atoms with Crippen molar-refractivity contribution < 1.29 is 0 Å². The molecule has 0 fully saturated rings. The molecule has 0 aromatic rings. The van der Waals surface area contributed by atoms with E-state index in [1.54, 1.807) is 0 Å². The van der Waals surface area contributed by atoms with Crippen LogP contribution >= 0.6 is 0 Å². The molecule has 10 heavy (non-hydrogen) atoms. The topological polar surface area (TPSA) is 0 Å². The summed E-state index contributed by atoms with van der Waals surface area (Å²) < 4.78 is 0. The van der Waals surface area contributed by atoms with Gasteiger partial charge in [-0.15, -0.1) is 0 Å². The number of allylic oxidation sites excluding steroid dienone is 6. The standard InChI is InChI=1S/C10H10/c1-7-8(2)10-5-3-9(7)4-6-10/h3-6,9-10H,1-2H2. The maximum absolute atomic E-state index is 3.98. The first-order chi connectivity index (χ1) is 4.79. The minimum atomic E-state index is 0.442. The maximum atomic E-state index is 3.98. The smallest absolute Gasteiger partial charge is 0.0196 e. The van der Waals surface area contributed by atoms with E-state index >= 15 is 0 Å². The summed E-state index contributed by atoms with van der Waals surface area (Å²) in [5.41, 5.74) is 2.38. The average molecular weight is 130 g/mol. The summed E-state index contributed by atoms with van der Waals surface area (Å²) in [5, 5.41) is 0.